The number of benzene rings is 1. The molecule has 0 aliphatic carbocycles. The van der Waals surface area contributed by atoms with E-state index in [-0.39, 0.29) is 5.69 Å². The van der Waals surface area contributed by atoms with E-state index in [2.05, 4.69) is 15.3 Å². The predicted molar refractivity (Wildman–Crippen MR) is 78.5 cm³/mol. The lowest BCUT2D eigenvalue weighted by atomic mass is 9.97. The Balaban J connectivity index is 1.60. The number of nitro benzene ring substituents is 1. The zero-order chi connectivity index (χ0) is 14.7. The van der Waals surface area contributed by atoms with Crippen LogP contribution in [0, 0.1) is 16.0 Å². The lowest BCUT2D eigenvalue weighted by Crippen LogP contribution is -2.30. The van der Waals surface area contributed by atoms with Crippen molar-refractivity contribution in [2.24, 2.45) is 5.92 Å². The van der Waals surface area contributed by atoms with Gasteiger partial charge in [0.2, 0.25) is 0 Å². The van der Waals surface area contributed by atoms with Crippen LogP contribution in [0.4, 0.5) is 5.69 Å². The minimum atomic E-state index is -0.420. The van der Waals surface area contributed by atoms with Crippen LogP contribution in [0.3, 0.4) is 0 Å². The molecule has 21 heavy (non-hydrogen) atoms. The third-order valence-electron chi connectivity index (χ3n) is 3.82. The summed E-state index contributed by atoms with van der Waals surface area (Å²) in [6.45, 7) is 2.77. The van der Waals surface area contributed by atoms with Crippen molar-refractivity contribution in [3.8, 4) is 6.01 Å². The Bertz CT molecular complexity index is 634. The van der Waals surface area contributed by atoms with E-state index in [0.29, 0.717) is 29.6 Å². The molecule has 1 aromatic carbocycles. The molecule has 7 heteroatoms. The van der Waals surface area contributed by atoms with Gasteiger partial charge in [0, 0.05) is 12.1 Å². The van der Waals surface area contributed by atoms with Crippen molar-refractivity contribution in [3.05, 3.63) is 28.3 Å². The van der Waals surface area contributed by atoms with Crippen LogP contribution in [0.2, 0.25) is 0 Å². The summed E-state index contributed by atoms with van der Waals surface area (Å²) in [5.74, 6) is 0.657. The van der Waals surface area contributed by atoms with Crippen molar-refractivity contribution in [1.29, 1.82) is 0 Å². The van der Waals surface area contributed by atoms with Crippen molar-refractivity contribution in [2.75, 3.05) is 19.7 Å². The zero-order valence-corrected chi connectivity index (χ0v) is 11.7. The molecule has 0 bridgehead atoms. The van der Waals surface area contributed by atoms with Gasteiger partial charge in [0.1, 0.15) is 0 Å². The van der Waals surface area contributed by atoms with Gasteiger partial charge in [-0.25, -0.2) is 0 Å². The van der Waals surface area contributed by atoms with E-state index in [0.717, 1.165) is 19.5 Å². The number of aromatic nitrogens is 2. The molecule has 2 N–H and O–H groups in total. The van der Waals surface area contributed by atoms with Crippen LogP contribution in [-0.2, 0) is 0 Å². The molecule has 1 aromatic heterocycles. The van der Waals surface area contributed by atoms with Crippen molar-refractivity contribution in [3.63, 3.8) is 0 Å². The lowest BCUT2D eigenvalue weighted by Gasteiger charge is -2.22. The first-order chi connectivity index (χ1) is 10.2. The van der Waals surface area contributed by atoms with Gasteiger partial charge in [-0.15, -0.1) is 0 Å². The number of hydrogen-bond donors (Lipinski definition) is 2. The number of non-ortho nitro benzene ring substituents is 1. The van der Waals surface area contributed by atoms with Crippen molar-refractivity contribution in [1.82, 2.24) is 15.3 Å². The number of H-pyrrole nitrogens is 1. The van der Waals surface area contributed by atoms with Crippen molar-refractivity contribution >= 4 is 16.7 Å². The third kappa shape index (κ3) is 3.30. The van der Waals surface area contributed by atoms with Crippen LogP contribution in [0.25, 0.3) is 11.0 Å². The van der Waals surface area contributed by atoms with Gasteiger partial charge in [-0.3, -0.25) is 10.1 Å². The fraction of sp³-hybridized carbons (Fsp3) is 0.500. The number of nitrogens with zero attached hydrogens (tertiary/aromatic N) is 2. The smallest absolute Gasteiger partial charge is 0.294 e. The summed E-state index contributed by atoms with van der Waals surface area (Å²) in [6.07, 6.45) is 3.45. The monoisotopic (exact) mass is 290 g/mol. The first-order valence-electron chi connectivity index (χ1n) is 7.20. The molecule has 1 saturated heterocycles. The Morgan fingerprint density at radius 1 is 1.48 bits per heavy atom. The van der Waals surface area contributed by atoms with E-state index in [4.69, 9.17) is 4.74 Å². The second-order valence-electron chi connectivity index (χ2n) is 5.35. The summed E-state index contributed by atoms with van der Waals surface area (Å²) in [6, 6.07) is 4.97. The van der Waals surface area contributed by atoms with Gasteiger partial charge in [0.05, 0.1) is 22.6 Å². The molecule has 0 radical (unpaired) electrons. The molecule has 0 spiro atoms. The van der Waals surface area contributed by atoms with Gasteiger partial charge in [-0.2, -0.15) is 4.98 Å². The van der Waals surface area contributed by atoms with E-state index in [1.807, 2.05) is 0 Å². The van der Waals surface area contributed by atoms with Crippen molar-refractivity contribution < 1.29 is 9.66 Å². The van der Waals surface area contributed by atoms with Gasteiger partial charge >= 0.3 is 0 Å². The van der Waals surface area contributed by atoms with Crippen LogP contribution >= 0.6 is 0 Å². The minimum absolute atomic E-state index is 0.0472. The van der Waals surface area contributed by atoms with Gasteiger partial charge in [0.15, 0.2) is 0 Å². The number of aromatic amines is 1. The number of nitrogens with one attached hydrogen (secondary N) is 2. The molecule has 1 atom stereocenters. The minimum Gasteiger partial charge on any atom is -0.465 e. The molecule has 1 aliphatic heterocycles. The predicted octanol–water partition coefficient (Wildman–Crippen LogP) is 2.24. The molecule has 2 heterocycles. The van der Waals surface area contributed by atoms with Crippen LogP contribution in [0.5, 0.6) is 6.01 Å². The number of nitro groups is 1. The normalized spacial score (nSPS) is 18.8. The quantitative estimate of drug-likeness (QED) is 0.650. The summed E-state index contributed by atoms with van der Waals surface area (Å²) in [7, 11) is 0. The van der Waals surface area contributed by atoms with E-state index < -0.39 is 4.92 Å². The molecule has 1 aliphatic rings. The number of ether oxygens (including phenoxy) is 1. The molecular formula is C14H18N4O3. The fourth-order valence-corrected chi connectivity index (χ4v) is 2.65. The molecule has 0 unspecified atom stereocenters. The maximum absolute atomic E-state index is 10.7. The summed E-state index contributed by atoms with van der Waals surface area (Å²) in [4.78, 5) is 17.6. The molecule has 7 nitrogen and oxygen atoms in total. The number of imidazole rings is 1. The number of piperidine rings is 1. The number of rotatable bonds is 5. The summed E-state index contributed by atoms with van der Waals surface area (Å²) in [5, 5.41) is 14.1. The van der Waals surface area contributed by atoms with E-state index in [1.54, 1.807) is 6.07 Å². The topological polar surface area (TPSA) is 93.1 Å². The van der Waals surface area contributed by atoms with Gasteiger partial charge < -0.3 is 15.0 Å². The molecule has 0 saturated carbocycles. The van der Waals surface area contributed by atoms with E-state index >= 15 is 0 Å². The Labute approximate surface area is 121 Å². The maximum atomic E-state index is 10.7. The first-order valence-corrected chi connectivity index (χ1v) is 7.20. The number of hydrogen-bond acceptors (Lipinski definition) is 5. The van der Waals surface area contributed by atoms with Crippen LogP contribution in [0.1, 0.15) is 19.3 Å². The highest BCUT2D eigenvalue weighted by molar-refractivity contribution is 5.78. The zero-order valence-electron chi connectivity index (χ0n) is 11.7. The van der Waals surface area contributed by atoms with Gasteiger partial charge in [-0.05, 0) is 44.3 Å². The van der Waals surface area contributed by atoms with Gasteiger partial charge in [0.25, 0.3) is 11.7 Å². The third-order valence-corrected chi connectivity index (χ3v) is 3.82. The highest BCUT2D eigenvalue weighted by atomic mass is 16.6. The average Bonchev–Trinajstić information content (AvgIpc) is 2.90. The standard InChI is InChI=1S/C14H18N4O3/c19-18(20)11-3-4-12-13(8-11)17-14(16-12)21-7-5-10-2-1-6-15-9-10/h3-4,8,10,15H,1-2,5-7,9H2,(H,16,17)/t10-/m0/s1. The fourth-order valence-electron chi connectivity index (χ4n) is 2.65. The Morgan fingerprint density at radius 2 is 2.38 bits per heavy atom. The molecule has 0 amide bonds. The second kappa shape index (κ2) is 6.09. The highest BCUT2D eigenvalue weighted by Crippen LogP contribution is 2.22. The Hall–Kier alpha value is -2.15. The van der Waals surface area contributed by atoms with Gasteiger partial charge in [-0.1, -0.05) is 0 Å². The lowest BCUT2D eigenvalue weighted by molar-refractivity contribution is -0.384. The molecular weight excluding hydrogens is 272 g/mol. The Morgan fingerprint density at radius 3 is 3.14 bits per heavy atom. The number of fused-ring (bicyclic) bond motifs is 1. The molecule has 2 aromatic rings. The van der Waals surface area contributed by atoms with Crippen LogP contribution in [-0.4, -0.2) is 34.6 Å². The Kier molecular flexibility index (Phi) is 4.01. The maximum Gasteiger partial charge on any atom is 0.294 e. The second-order valence-corrected chi connectivity index (χ2v) is 5.35. The molecule has 112 valence electrons. The highest BCUT2D eigenvalue weighted by Gasteiger charge is 2.14. The van der Waals surface area contributed by atoms with E-state index in [9.17, 15) is 10.1 Å². The summed E-state index contributed by atoms with van der Waals surface area (Å²) in [5.41, 5.74) is 1.35. The van der Waals surface area contributed by atoms with Crippen LogP contribution < -0.4 is 10.1 Å². The average molecular weight is 290 g/mol. The molecule has 3 rings (SSSR count). The SMILES string of the molecule is O=[N+]([O-])c1ccc2nc(OCC[C@@H]3CCCNC3)[nH]c2c1. The summed E-state index contributed by atoms with van der Waals surface area (Å²) < 4.78 is 5.63. The molecule has 1 fully saturated rings. The summed E-state index contributed by atoms with van der Waals surface area (Å²) >= 11 is 0. The first kappa shape index (κ1) is 13.8. The van der Waals surface area contributed by atoms with Crippen molar-refractivity contribution in [2.45, 2.75) is 19.3 Å². The van der Waals surface area contributed by atoms with E-state index in [1.165, 1.54) is 25.0 Å². The largest absolute Gasteiger partial charge is 0.465 e. The van der Waals surface area contributed by atoms with Crippen LogP contribution in [0.15, 0.2) is 18.2 Å².